The van der Waals surface area contributed by atoms with Crippen LogP contribution in [0.25, 0.3) is 0 Å². The SMILES string of the molecule is C[C@H]1N[C@H](C)[C@@H](O)C(O)[C@H]1O. The van der Waals surface area contributed by atoms with Crippen LogP contribution in [0.1, 0.15) is 13.8 Å². The number of hydrogen-bond donors (Lipinski definition) is 4. The molecule has 0 spiro atoms. The standard InChI is InChI=1S/C7H15NO3/c1-3-5(9)7(11)6(10)4(2)8-3/h3-11H,1-2H3/t3-,4-,5-,6+,7?/m1/s1. The fourth-order valence-corrected chi connectivity index (χ4v) is 1.41. The summed E-state index contributed by atoms with van der Waals surface area (Å²) in [5.41, 5.74) is 0. The van der Waals surface area contributed by atoms with Crippen molar-refractivity contribution in [1.29, 1.82) is 0 Å². The first-order valence-corrected chi connectivity index (χ1v) is 3.84. The molecule has 1 fully saturated rings. The summed E-state index contributed by atoms with van der Waals surface area (Å²) in [6.45, 7) is 3.55. The number of aliphatic hydroxyl groups excluding tert-OH is 3. The Bertz CT molecular complexity index is 128. The van der Waals surface area contributed by atoms with Crippen molar-refractivity contribution in [2.75, 3.05) is 0 Å². The van der Waals surface area contributed by atoms with Gasteiger partial charge in [-0.3, -0.25) is 0 Å². The molecule has 0 amide bonds. The first kappa shape index (κ1) is 8.93. The summed E-state index contributed by atoms with van der Waals surface area (Å²) in [5.74, 6) is 0. The highest BCUT2D eigenvalue weighted by Crippen LogP contribution is 2.14. The third-order valence-electron chi connectivity index (χ3n) is 2.25. The highest BCUT2D eigenvalue weighted by molar-refractivity contribution is 4.94. The van der Waals surface area contributed by atoms with E-state index in [1.54, 1.807) is 13.8 Å². The van der Waals surface area contributed by atoms with Crippen molar-refractivity contribution in [2.45, 2.75) is 44.2 Å². The van der Waals surface area contributed by atoms with Crippen molar-refractivity contribution in [3.8, 4) is 0 Å². The predicted octanol–water partition coefficient (Wildman–Crippen LogP) is -1.55. The quantitative estimate of drug-likeness (QED) is 0.347. The summed E-state index contributed by atoms with van der Waals surface area (Å²) in [6.07, 6.45) is -2.77. The molecule has 4 nitrogen and oxygen atoms in total. The summed E-state index contributed by atoms with van der Waals surface area (Å²) in [7, 11) is 0. The van der Waals surface area contributed by atoms with Crippen molar-refractivity contribution in [3.05, 3.63) is 0 Å². The van der Waals surface area contributed by atoms with Gasteiger partial charge < -0.3 is 20.6 Å². The van der Waals surface area contributed by atoms with E-state index in [1.165, 1.54) is 0 Å². The predicted molar refractivity (Wildman–Crippen MR) is 40.1 cm³/mol. The van der Waals surface area contributed by atoms with Gasteiger partial charge in [0.25, 0.3) is 0 Å². The van der Waals surface area contributed by atoms with E-state index in [0.29, 0.717) is 0 Å². The molecule has 0 bridgehead atoms. The second-order valence-corrected chi connectivity index (χ2v) is 3.22. The molecule has 0 aromatic heterocycles. The van der Waals surface area contributed by atoms with Gasteiger partial charge in [-0.2, -0.15) is 0 Å². The van der Waals surface area contributed by atoms with Gasteiger partial charge >= 0.3 is 0 Å². The van der Waals surface area contributed by atoms with Crippen molar-refractivity contribution < 1.29 is 15.3 Å². The van der Waals surface area contributed by atoms with Crippen molar-refractivity contribution in [1.82, 2.24) is 5.32 Å². The maximum absolute atomic E-state index is 9.26. The lowest BCUT2D eigenvalue weighted by molar-refractivity contribution is -0.107. The third-order valence-corrected chi connectivity index (χ3v) is 2.25. The summed E-state index contributed by atoms with van der Waals surface area (Å²) in [6, 6.07) is -0.327. The molecule has 0 radical (unpaired) electrons. The van der Waals surface area contributed by atoms with Gasteiger partial charge in [-0.05, 0) is 13.8 Å². The van der Waals surface area contributed by atoms with E-state index in [4.69, 9.17) is 0 Å². The van der Waals surface area contributed by atoms with E-state index in [1.807, 2.05) is 0 Å². The Morgan fingerprint density at radius 3 is 1.55 bits per heavy atom. The fourth-order valence-electron chi connectivity index (χ4n) is 1.41. The molecule has 11 heavy (non-hydrogen) atoms. The molecule has 1 unspecified atom stereocenters. The molecule has 0 aliphatic carbocycles. The van der Waals surface area contributed by atoms with Crippen LogP contribution in [0.15, 0.2) is 0 Å². The van der Waals surface area contributed by atoms with E-state index in [2.05, 4.69) is 5.32 Å². The Hall–Kier alpha value is -0.160. The smallest absolute Gasteiger partial charge is 0.109 e. The maximum Gasteiger partial charge on any atom is 0.109 e. The van der Waals surface area contributed by atoms with Crippen molar-refractivity contribution in [2.24, 2.45) is 0 Å². The third kappa shape index (κ3) is 1.54. The zero-order chi connectivity index (χ0) is 8.59. The van der Waals surface area contributed by atoms with Crippen molar-refractivity contribution in [3.63, 3.8) is 0 Å². The summed E-state index contributed by atoms with van der Waals surface area (Å²) >= 11 is 0. The van der Waals surface area contributed by atoms with Crippen LogP contribution in [0.4, 0.5) is 0 Å². The molecule has 1 saturated heterocycles. The number of nitrogens with one attached hydrogen (secondary N) is 1. The van der Waals surface area contributed by atoms with Gasteiger partial charge in [-0.15, -0.1) is 0 Å². The highest BCUT2D eigenvalue weighted by atomic mass is 16.4. The zero-order valence-electron chi connectivity index (χ0n) is 6.73. The number of hydrogen-bond acceptors (Lipinski definition) is 4. The maximum atomic E-state index is 9.26. The van der Waals surface area contributed by atoms with Gasteiger partial charge in [0.1, 0.15) is 6.10 Å². The lowest BCUT2D eigenvalue weighted by Crippen LogP contribution is -2.62. The Labute approximate surface area is 65.9 Å². The van der Waals surface area contributed by atoms with Crippen LogP contribution >= 0.6 is 0 Å². The Morgan fingerprint density at radius 2 is 1.18 bits per heavy atom. The topological polar surface area (TPSA) is 72.7 Å². The molecule has 1 rings (SSSR count). The Balaban J connectivity index is 2.63. The molecular weight excluding hydrogens is 146 g/mol. The average molecular weight is 161 g/mol. The van der Waals surface area contributed by atoms with Crippen LogP contribution in [0.2, 0.25) is 0 Å². The van der Waals surface area contributed by atoms with Gasteiger partial charge in [-0.1, -0.05) is 0 Å². The minimum absolute atomic E-state index is 0.164. The largest absolute Gasteiger partial charge is 0.389 e. The average Bonchev–Trinajstić information content (AvgIpc) is 1.97. The number of rotatable bonds is 0. The molecule has 1 aliphatic heterocycles. The summed E-state index contributed by atoms with van der Waals surface area (Å²) in [5, 5.41) is 30.7. The van der Waals surface area contributed by atoms with Crippen LogP contribution in [-0.4, -0.2) is 45.7 Å². The van der Waals surface area contributed by atoms with Gasteiger partial charge in [0.05, 0.1) is 12.2 Å². The molecule has 0 aromatic carbocycles. The minimum atomic E-state index is -1.03. The Morgan fingerprint density at radius 1 is 0.818 bits per heavy atom. The van der Waals surface area contributed by atoms with E-state index in [9.17, 15) is 15.3 Å². The van der Waals surface area contributed by atoms with E-state index < -0.39 is 18.3 Å². The van der Waals surface area contributed by atoms with E-state index in [0.717, 1.165) is 0 Å². The molecule has 0 saturated carbocycles. The molecule has 4 heteroatoms. The van der Waals surface area contributed by atoms with E-state index >= 15 is 0 Å². The number of piperidine rings is 1. The second-order valence-electron chi connectivity index (χ2n) is 3.22. The van der Waals surface area contributed by atoms with Gasteiger partial charge in [-0.25, -0.2) is 0 Å². The summed E-state index contributed by atoms with van der Waals surface area (Å²) < 4.78 is 0. The van der Waals surface area contributed by atoms with E-state index in [-0.39, 0.29) is 12.1 Å². The summed E-state index contributed by atoms with van der Waals surface area (Å²) in [4.78, 5) is 0. The monoisotopic (exact) mass is 161 g/mol. The van der Waals surface area contributed by atoms with Crippen LogP contribution in [0, 0.1) is 0 Å². The molecule has 66 valence electrons. The zero-order valence-corrected chi connectivity index (χ0v) is 6.73. The first-order valence-electron chi connectivity index (χ1n) is 3.84. The van der Waals surface area contributed by atoms with Crippen LogP contribution in [0.5, 0.6) is 0 Å². The van der Waals surface area contributed by atoms with Gasteiger partial charge in [0.2, 0.25) is 0 Å². The fraction of sp³-hybridized carbons (Fsp3) is 1.00. The molecular formula is C7H15NO3. The van der Waals surface area contributed by atoms with Crippen molar-refractivity contribution >= 4 is 0 Å². The lowest BCUT2D eigenvalue weighted by atomic mass is 9.92. The first-order chi connectivity index (χ1) is 5.04. The molecule has 1 heterocycles. The molecule has 4 N–H and O–H groups in total. The molecule has 1 aliphatic rings. The molecule has 0 aromatic rings. The second kappa shape index (κ2) is 3.06. The minimum Gasteiger partial charge on any atom is -0.389 e. The number of aliphatic hydroxyl groups is 3. The Kier molecular flexibility index (Phi) is 2.49. The van der Waals surface area contributed by atoms with Crippen LogP contribution in [-0.2, 0) is 0 Å². The van der Waals surface area contributed by atoms with Crippen LogP contribution in [0.3, 0.4) is 0 Å². The van der Waals surface area contributed by atoms with Gasteiger partial charge in [0, 0.05) is 12.1 Å². The highest BCUT2D eigenvalue weighted by Gasteiger charge is 2.37. The normalized spacial score (nSPS) is 52.6. The van der Waals surface area contributed by atoms with Crippen LogP contribution < -0.4 is 5.32 Å². The molecule has 5 atom stereocenters. The lowest BCUT2D eigenvalue weighted by Gasteiger charge is -2.38. The van der Waals surface area contributed by atoms with Gasteiger partial charge in [0.15, 0.2) is 0 Å².